The molecule has 0 unspecified atom stereocenters. The highest BCUT2D eigenvalue weighted by Crippen LogP contribution is 2.02. The predicted octanol–water partition coefficient (Wildman–Crippen LogP) is -0.972. The third kappa shape index (κ3) is 5.87. The summed E-state index contributed by atoms with van der Waals surface area (Å²) in [6.07, 6.45) is -0.549. The van der Waals surface area contributed by atoms with E-state index in [4.69, 9.17) is 5.11 Å². The standard InChI is InChI=1S/C13H18N2O4/c1-9(16)8-14-13(19)15-11(12(17)18)7-10-5-3-2-4-6-10/h2-6,9,11,16H,7-8H2,1H3,(H,17,18)(H2,14,15,19)/p-1/t9-,11-/m0/s1. The van der Waals surface area contributed by atoms with E-state index in [0.29, 0.717) is 0 Å². The first-order chi connectivity index (χ1) is 8.99. The molecule has 6 nitrogen and oxygen atoms in total. The van der Waals surface area contributed by atoms with E-state index in [9.17, 15) is 14.7 Å². The maximum absolute atomic E-state index is 11.4. The number of carboxylic acid groups (broad SMARTS) is 1. The molecule has 1 aromatic carbocycles. The number of aliphatic hydroxyl groups is 1. The molecule has 0 radical (unpaired) electrons. The molecule has 0 aliphatic carbocycles. The van der Waals surface area contributed by atoms with Crippen molar-refractivity contribution in [3.8, 4) is 0 Å². The number of nitrogens with one attached hydrogen (secondary N) is 2. The molecule has 0 saturated heterocycles. The lowest BCUT2D eigenvalue weighted by Crippen LogP contribution is -2.52. The normalized spacial score (nSPS) is 13.4. The van der Waals surface area contributed by atoms with Crippen LogP contribution in [0.3, 0.4) is 0 Å². The number of carboxylic acids is 1. The molecule has 1 aromatic rings. The molecule has 0 aliphatic heterocycles. The SMILES string of the molecule is C[C@H](O)CNC(=O)N[C@@H](Cc1ccccc1)C(=O)[O-]. The van der Waals surface area contributed by atoms with Crippen molar-refractivity contribution in [2.45, 2.75) is 25.5 Å². The maximum atomic E-state index is 11.4. The molecule has 0 bridgehead atoms. The second-order valence-electron chi connectivity index (χ2n) is 4.26. The topological polar surface area (TPSA) is 101 Å². The van der Waals surface area contributed by atoms with Gasteiger partial charge in [-0.3, -0.25) is 0 Å². The minimum absolute atomic E-state index is 0.0525. The number of rotatable bonds is 6. The molecule has 104 valence electrons. The minimum atomic E-state index is -1.35. The third-order valence-electron chi connectivity index (χ3n) is 2.43. The highest BCUT2D eigenvalue weighted by molar-refractivity contribution is 5.81. The van der Waals surface area contributed by atoms with Crippen LogP contribution in [0.5, 0.6) is 0 Å². The van der Waals surface area contributed by atoms with Crippen molar-refractivity contribution < 1.29 is 19.8 Å². The summed E-state index contributed by atoms with van der Waals surface area (Å²) < 4.78 is 0. The van der Waals surface area contributed by atoms with Crippen LogP contribution in [0.2, 0.25) is 0 Å². The van der Waals surface area contributed by atoms with Gasteiger partial charge in [-0.1, -0.05) is 30.3 Å². The molecule has 2 amide bonds. The van der Waals surface area contributed by atoms with E-state index in [1.54, 1.807) is 24.3 Å². The fraction of sp³-hybridized carbons (Fsp3) is 0.385. The summed E-state index contributed by atoms with van der Waals surface area (Å²) in [5.74, 6) is -1.35. The number of benzene rings is 1. The van der Waals surface area contributed by atoms with Crippen molar-refractivity contribution in [2.75, 3.05) is 6.54 Å². The number of carbonyl (C=O) groups is 2. The van der Waals surface area contributed by atoms with Crippen LogP contribution in [0.15, 0.2) is 30.3 Å². The van der Waals surface area contributed by atoms with Crippen LogP contribution in [-0.4, -0.2) is 35.8 Å². The predicted molar refractivity (Wildman–Crippen MR) is 67.2 cm³/mol. The monoisotopic (exact) mass is 265 g/mol. The summed E-state index contributed by atoms with van der Waals surface area (Å²) >= 11 is 0. The second-order valence-corrected chi connectivity index (χ2v) is 4.26. The van der Waals surface area contributed by atoms with Gasteiger partial charge in [-0.2, -0.15) is 0 Å². The Morgan fingerprint density at radius 3 is 2.47 bits per heavy atom. The molecule has 6 heteroatoms. The van der Waals surface area contributed by atoms with Crippen LogP contribution in [-0.2, 0) is 11.2 Å². The Hall–Kier alpha value is -2.08. The van der Waals surface area contributed by atoms with Gasteiger partial charge in [-0.15, -0.1) is 0 Å². The number of urea groups is 1. The third-order valence-corrected chi connectivity index (χ3v) is 2.43. The van der Waals surface area contributed by atoms with Crippen molar-refractivity contribution >= 4 is 12.0 Å². The molecule has 1 rings (SSSR count). The molecule has 0 fully saturated rings. The van der Waals surface area contributed by atoms with Gasteiger partial charge in [0.2, 0.25) is 0 Å². The molecular weight excluding hydrogens is 248 g/mol. The first-order valence-electron chi connectivity index (χ1n) is 5.96. The van der Waals surface area contributed by atoms with E-state index in [0.717, 1.165) is 5.56 Å². The minimum Gasteiger partial charge on any atom is -0.548 e. The van der Waals surface area contributed by atoms with Gasteiger partial charge >= 0.3 is 6.03 Å². The number of hydrogen-bond acceptors (Lipinski definition) is 4. The number of aliphatic hydroxyl groups excluding tert-OH is 1. The quantitative estimate of drug-likeness (QED) is 0.615. The van der Waals surface area contributed by atoms with E-state index in [1.807, 2.05) is 6.07 Å². The molecular formula is C13H17N2O4-. The van der Waals surface area contributed by atoms with Gasteiger partial charge in [-0.25, -0.2) is 4.79 Å². The number of aliphatic carboxylic acids is 1. The Bertz CT molecular complexity index is 420. The van der Waals surface area contributed by atoms with E-state index < -0.39 is 24.1 Å². The Labute approximate surface area is 111 Å². The molecule has 0 heterocycles. The van der Waals surface area contributed by atoms with Crippen LogP contribution in [0.1, 0.15) is 12.5 Å². The van der Waals surface area contributed by atoms with Crippen LogP contribution in [0, 0.1) is 0 Å². The largest absolute Gasteiger partial charge is 0.548 e. The fourth-order valence-electron chi connectivity index (χ4n) is 1.49. The number of carbonyl (C=O) groups excluding carboxylic acids is 2. The van der Waals surface area contributed by atoms with Gasteiger partial charge in [0, 0.05) is 6.54 Å². The lowest BCUT2D eigenvalue weighted by Gasteiger charge is -2.20. The first-order valence-corrected chi connectivity index (χ1v) is 5.96. The van der Waals surface area contributed by atoms with E-state index in [1.165, 1.54) is 6.92 Å². The van der Waals surface area contributed by atoms with Gasteiger partial charge in [0.15, 0.2) is 0 Å². The average Bonchev–Trinajstić information content (AvgIpc) is 2.36. The van der Waals surface area contributed by atoms with Gasteiger partial charge in [0.05, 0.1) is 18.1 Å². The number of hydrogen-bond donors (Lipinski definition) is 3. The van der Waals surface area contributed by atoms with Gasteiger partial charge in [0.1, 0.15) is 0 Å². The van der Waals surface area contributed by atoms with Crippen LogP contribution in [0.4, 0.5) is 4.79 Å². The molecule has 0 aliphatic rings. The zero-order valence-corrected chi connectivity index (χ0v) is 10.6. The smallest absolute Gasteiger partial charge is 0.315 e. The molecule has 0 saturated carbocycles. The summed E-state index contributed by atoms with van der Waals surface area (Å²) in [5.41, 5.74) is 0.785. The van der Waals surface area contributed by atoms with Gasteiger partial charge in [-0.05, 0) is 18.9 Å². The molecule has 2 atom stereocenters. The maximum Gasteiger partial charge on any atom is 0.315 e. The molecule has 19 heavy (non-hydrogen) atoms. The zero-order valence-electron chi connectivity index (χ0n) is 10.6. The summed E-state index contributed by atoms with van der Waals surface area (Å²) in [6, 6.07) is 7.17. The van der Waals surface area contributed by atoms with Crippen LogP contribution < -0.4 is 15.7 Å². The second kappa shape index (κ2) is 7.38. The molecule has 3 N–H and O–H groups in total. The van der Waals surface area contributed by atoms with Gasteiger partial charge < -0.3 is 25.6 Å². The Kier molecular flexibility index (Phi) is 5.81. The van der Waals surface area contributed by atoms with E-state index in [2.05, 4.69) is 10.6 Å². The summed E-state index contributed by atoms with van der Waals surface area (Å²) in [5, 5.41) is 24.6. The van der Waals surface area contributed by atoms with Crippen molar-refractivity contribution in [2.24, 2.45) is 0 Å². The molecule has 0 spiro atoms. The summed E-state index contributed by atoms with van der Waals surface area (Å²) in [7, 11) is 0. The highest BCUT2D eigenvalue weighted by Gasteiger charge is 2.14. The average molecular weight is 265 g/mol. The lowest BCUT2D eigenvalue weighted by atomic mass is 10.1. The Balaban J connectivity index is 2.54. The van der Waals surface area contributed by atoms with Crippen LogP contribution in [0.25, 0.3) is 0 Å². The zero-order chi connectivity index (χ0) is 14.3. The fourth-order valence-corrected chi connectivity index (χ4v) is 1.49. The number of amides is 2. The van der Waals surface area contributed by atoms with Crippen molar-refractivity contribution in [3.63, 3.8) is 0 Å². The first kappa shape index (κ1) is 15.0. The molecule has 0 aromatic heterocycles. The van der Waals surface area contributed by atoms with E-state index >= 15 is 0 Å². The van der Waals surface area contributed by atoms with Crippen molar-refractivity contribution in [3.05, 3.63) is 35.9 Å². The van der Waals surface area contributed by atoms with Crippen molar-refractivity contribution in [1.29, 1.82) is 0 Å². The Morgan fingerprint density at radius 1 is 1.32 bits per heavy atom. The Morgan fingerprint density at radius 2 is 1.95 bits per heavy atom. The van der Waals surface area contributed by atoms with Crippen LogP contribution >= 0.6 is 0 Å². The lowest BCUT2D eigenvalue weighted by molar-refractivity contribution is -0.308. The summed E-state index contributed by atoms with van der Waals surface area (Å²) in [6.45, 7) is 1.57. The van der Waals surface area contributed by atoms with Gasteiger partial charge in [0.25, 0.3) is 0 Å². The summed E-state index contributed by atoms with van der Waals surface area (Å²) in [4.78, 5) is 22.4. The van der Waals surface area contributed by atoms with Crippen molar-refractivity contribution in [1.82, 2.24) is 10.6 Å². The highest BCUT2D eigenvalue weighted by atomic mass is 16.4. The van der Waals surface area contributed by atoms with E-state index in [-0.39, 0.29) is 13.0 Å².